The Morgan fingerprint density at radius 2 is 1.13 bits per heavy atom. The Balaban J connectivity index is 1.20. The van der Waals surface area contributed by atoms with Crippen LogP contribution < -0.4 is 0 Å². The van der Waals surface area contributed by atoms with Crippen molar-refractivity contribution >= 4 is 59.6 Å². The molecule has 1 heteroatoms. The van der Waals surface area contributed by atoms with Crippen LogP contribution in [-0.2, 0) is 6.42 Å². The fourth-order valence-electron chi connectivity index (χ4n) is 7.86. The third-order valence-corrected chi connectivity index (χ3v) is 9.90. The van der Waals surface area contributed by atoms with E-state index < -0.39 is 0 Å². The van der Waals surface area contributed by atoms with E-state index in [9.17, 15) is 0 Å². The lowest BCUT2D eigenvalue weighted by Crippen LogP contribution is -1.98. The average molecular weight is 573 g/mol. The van der Waals surface area contributed by atoms with Crippen LogP contribution in [0.2, 0.25) is 0 Å². The van der Waals surface area contributed by atoms with Crippen molar-refractivity contribution in [2.45, 2.75) is 12.8 Å². The molecule has 0 unspecified atom stereocenters. The number of fused-ring (bicyclic) bond motifs is 4. The summed E-state index contributed by atoms with van der Waals surface area (Å²) in [4.78, 5) is 0. The molecule has 1 aromatic heterocycles. The van der Waals surface area contributed by atoms with E-state index in [4.69, 9.17) is 4.42 Å². The quantitative estimate of drug-likeness (QED) is 0.192. The van der Waals surface area contributed by atoms with Crippen molar-refractivity contribution in [1.29, 1.82) is 0 Å². The van der Waals surface area contributed by atoms with Crippen molar-refractivity contribution in [3.8, 4) is 22.3 Å². The standard InChI is InChI=1S/C44H28O/c1-2-9-28(10-3-1)33-22-18-29-21-25-38-35(23-19-30-20-24-37(33)41(29)42(30)38)36-13-7-15-40-43(36)39-14-6-12-34(44(39)45-40)32-17-16-27-8-4-5-11-31(27)26-32/h1-5,7-13,15-26H,6,14H2. The van der Waals surface area contributed by atoms with Gasteiger partial charge in [-0.05, 0) is 95.9 Å². The Morgan fingerprint density at radius 3 is 1.96 bits per heavy atom. The van der Waals surface area contributed by atoms with Gasteiger partial charge in [-0.3, -0.25) is 0 Å². The van der Waals surface area contributed by atoms with Crippen molar-refractivity contribution in [1.82, 2.24) is 0 Å². The van der Waals surface area contributed by atoms with Crippen LogP contribution in [0.25, 0.3) is 81.9 Å². The third-order valence-electron chi connectivity index (χ3n) is 9.90. The summed E-state index contributed by atoms with van der Waals surface area (Å²) in [6.07, 6.45) is 4.33. The first kappa shape index (κ1) is 24.7. The van der Waals surface area contributed by atoms with E-state index in [0.29, 0.717) is 0 Å². The third kappa shape index (κ3) is 3.62. The second-order valence-corrected chi connectivity index (χ2v) is 12.3. The number of allylic oxidation sites excluding steroid dienone is 1. The maximum Gasteiger partial charge on any atom is 0.138 e. The lowest BCUT2D eigenvalue weighted by atomic mass is 9.85. The molecular weight excluding hydrogens is 544 g/mol. The highest BCUT2D eigenvalue weighted by Gasteiger charge is 2.25. The largest absolute Gasteiger partial charge is 0.456 e. The molecule has 0 radical (unpaired) electrons. The molecular formula is C44H28O. The molecule has 10 rings (SSSR count). The van der Waals surface area contributed by atoms with Crippen LogP contribution in [0.5, 0.6) is 0 Å². The Morgan fingerprint density at radius 1 is 0.444 bits per heavy atom. The Hall–Kier alpha value is -5.66. The van der Waals surface area contributed by atoms with Gasteiger partial charge < -0.3 is 4.42 Å². The molecule has 1 aliphatic carbocycles. The first-order valence-electron chi connectivity index (χ1n) is 15.8. The Bertz CT molecular complexity index is 2630. The molecule has 1 aliphatic rings. The lowest BCUT2D eigenvalue weighted by molar-refractivity contribution is 0.591. The van der Waals surface area contributed by atoms with Gasteiger partial charge in [-0.1, -0.05) is 133 Å². The molecule has 45 heavy (non-hydrogen) atoms. The SMILES string of the molecule is C1=C(c2ccc3ccccc3c2)c2oc3cccc(-c4ccc5ccc6c(-c7ccccc7)ccc7ccc4c5c76)c3c2CC1. The van der Waals surface area contributed by atoms with Crippen molar-refractivity contribution in [3.63, 3.8) is 0 Å². The predicted octanol–water partition coefficient (Wildman–Crippen LogP) is 12.2. The van der Waals surface area contributed by atoms with Gasteiger partial charge in [0.15, 0.2) is 0 Å². The van der Waals surface area contributed by atoms with Gasteiger partial charge in [0.05, 0.1) is 0 Å². The molecule has 0 bridgehead atoms. The van der Waals surface area contributed by atoms with Gasteiger partial charge in [0.25, 0.3) is 0 Å². The van der Waals surface area contributed by atoms with Crippen LogP contribution in [0.4, 0.5) is 0 Å². The molecule has 0 spiro atoms. The van der Waals surface area contributed by atoms with Crippen LogP contribution in [0, 0.1) is 0 Å². The molecule has 0 fully saturated rings. The summed E-state index contributed by atoms with van der Waals surface area (Å²) in [7, 11) is 0. The van der Waals surface area contributed by atoms with Crippen LogP contribution in [0.1, 0.15) is 23.3 Å². The average Bonchev–Trinajstić information content (AvgIpc) is 3.50. The van der Waals surface area contributed by atoms with Gasteiger partial charge in [0.1, 0.15) is 11.3 Å². The zero-order valence-electron chi connectivity index (χ0n) is 24.7. The summed E-state index contributed by atoms with van der Waals surface area (Å²) in [6, 6.07) is 51.1. The number of hydrogen-bond acceptors (Lipinski definition) is 1. The fourth-order valence-corrected chi connectivity index (χ4v) is 7.86. The van der Waals surface area contributed by atoms with E-state index in [-0.39, 0.29) is 0 Å². The normalized spacial score (nSPS) is 13.3. The monoisotopic (exact) mass is 572 g/mol. The first-order valence-corrected chi connectivity index (χ1v) is 15.8. The van der Waals surface area contributed by atoms with Gasteiger partial charge in [-0.25, -0.2) is 0 Å². The minimum atomic E-state index is 0.961. The maximum atomic E-state index is 6.75. The number of benzene rings is 8. The summed E-state index contributed by atoms with van der Waals surface area (Å²) in [5.74, 6) is 1.02. The van der Waals surface area contributed by atoms with Crippen LogP contribution in [0.3, 0.4) is 0 Å². The second kappa shape index (κ2) is 9.42. The summed E-state index contributed by atoms with van der Waals surface area (Å²) >= 11 is 0. The van der Waals surface area contributed by atoms with Crippen molar-refractivity contribution in [2.24, 2.45) is 0 Å². The number of rotatable bonds is 3. The highest BCUT2D eigenvalue weighted by Crippen LogP contribution is 2.46. The smallest absolute Gasteiger partial charge is 0.138 e. The lowest BCUT2D eigenvalue weighted by Gasteiger charge is -2.17. The van der Waals surface area contributed by atoms with Gasteiger partial charge in [0.2, 0.25) is 0 Å². The molecule has 0 saturated heterocycles. The van der Waals surface area contributed by atoms with Crippen LogP contribution in [0.15, 0.2) is 150 Å². The minimum absolute atomic E-state index is 0.961. The molecule has 210 valence electrons. The Kier molecular flexibility index (Phi) is 5.18. The zero-order valence-corrected chi connectivity index (χ0v) is 24.7. The van der Waals surface area contributed by atoms with Crippen molar-refractivity contribution in [2.75, 3.05) is 0 Å². The number of furan rings is 1. The van der Waals surface area contributed by atoms with E-state index >= 15 is 0 Å². The molecule has 0 amide bonds. The Labute approximate surface area is 261 Å². The fraction of sp³-hybridized carbons (Fsp3) is 0.0455. The minimum Gasteiger partial charge on any atom is -0.456 e. The van der Waals surface area contributed by atoms with Gasteiger partial charge in [0, 0.05) is 16.5 Å². The van der Waals surface area contributed by atoms with Gasteiger partial charge in [-0.2, -0.15) is 0 Å². The molecule has 0 atom stereocenters. The zero-order chi connectivity index (χ0) is 29.5. The molecule has 1 nitrogen and oxygen atoms in total. The highest BCUT2D eigenvalue weighted by atomic mass is 16.3. The summed E-state index contributed by atoms with van der Waals surface area (Å²) in [5, 5.41) is 11.6. The number of hydrogen-bond donors (Lipinski definition) is 0. The van der Waals surface area contributed by atoms with Crippen molar-refractivity contribution < 1.29 is 4.42 Å². The predicted molar refractivity (Wildman–Crippen MR) is 190 cm³/mol. The topological polar surface area (TPSA) is 13.1 Å². The van der Waals surface area contributed by atoms with E-state index in [1.165, 1.54) is 87.4 Å². The summed E-state index contributed by atoms with van der Waals surface area (Å²) < 4.78 is 6.75. The molecule has 0 N–H and O–H groups in total. The first-order chi connectivity index (χ1) is 22.3. The molecule has 0 aliphatic heterocycles. The number of aryl methyl sites for hydroxylation is 1. The van der Waals surface area contributed by atoms with Gasteiger partial charge in [-0.15, -0.1) is 0 Å². The van der Waals surface area contributed by atoms with E-state index in [2.05, 4.69) is 146 Å². The summed E-state index contributed by atoms with van der Waals surface area (Å²) in [5.41, 5.74) is 9.74. The molecule has 8 aromatic carbocycles. The molecule has 1 heterocycles. The van der Waals surface area contributed by atoms with Crippen molar-refractivity contribution in [3.05, 3.63) is 162 Å². The molecule has 9 aromatic rings. The van der Waals surface area contributed by atoms with E-state index in [1.54, 1.807) is 0 Å². The van der Waals surface area contributed by atoms with Crippen LogP contribution in [-0.4, -0.2) is 0 Å². The van der Waals surface area contributed by atoms with Gasteiger partial charge >= 0.3 is 0 Å². The maximum absolute atomic E-state index is 6.75. The van der Waals surface area contributed by atoms with E-state index in [1.807, 2.05) is 0 Å². The molecule has 0 saturated carbocycles. The van der Waals surface area contributed by atoms with Crippen LogP contribution >= 0.6 is 0 Å². The summed E-state index contributed by atoms with van der Waals surface area (Å²) in [6.45, 7) is 0. The highest BCUT2D eigenvalue weighted by molar-refractivity contribution is 6.28. The second-order valence-electron chi connectivity index (χ2n) is 12.3. The van der Waals surface area contributed by atoms with E-state index in [0.717, 1.165) is 24.2 Å².